The third kappa shape index (κ3) is 2.85. The van der Waals surface area contributed by atoms with Gasteiger partial charge in [0, 0.05) is 28.9 Å². The number of ether oxygens (including phenoxy) is 2. The van der Waals surface area contributed by atoms with Crippen LogP contribution >= 0.6 is 0 Å². The third-order valence-electron chi connectivity index (χ3n) is 5.75. The van der Waals surface area contributed by atoms with Gasteiger partial charge in [0.1, 0.15) is 11.5 Å². The zero-order chi connectivity index (χ0) is 19.8. The lowest BCUT2D eigenvalue weighted by Crippen LogP contribution is -2.03. The predicted molar refractivity (Wildman–Crippen MR) is 121 cm³/mol. The van der Waals surface area contributed by atoms with Crippen LogP contribution in [-0.2, 0) is 0 Å². The molecule has 0 radical (unpaired) electrons. The van der Waals surface area contributed by atoms with E-state index in [1.54, 1.807) is 14.2 Å². The number of methoxy groups -OCH3 is 2. The number of aliphatic imine (C=N–C) groups is 1. The number of hydrogen-bond donors (Lipinski definition) is 0. The molecule has 0 amide bonds. The van der Waals surface area contributed by atoms with Crippen molar-refractivity contribution >= 4 is 27.3 Å². The Balaban J connectivity index is 1.97. The number of fused-ring (bicyclic) bond motifs is 2. The summed E-state index contributed by atoms with van der Waals surface area (Å²) in [5.74, 6) is 1.72. The molecular formula is C26H23NO2. The van der Waals surface area contributed by atoms with Gasteiger partial charge in [-0.25, -0.2) is 0 Å². The maximum absolute atomic E-state index is 6.06. The van der Waals surface area contributed by atoms with Crippen molar-refractivity contribution < 1.29 is 9.47 Å². The number of benzene rings is 4. The second-order valence-corrected chi connectivity index (χ2v) is 7.35. The molecule has 0 saturated carbocycles. The van der Waals surface area contributed by atoms with Crippen LogP contribution in [0, 0.1) is 0 Å². The molecule has 0 aromatic heterocycles. The van der Waals surface area contributed by atoms with Crippen LogP contribution in [0.5, 0.6) is 11.5 Å². The van der Waals surface area contributed by atoms with Gasteiger partial charge in [0.2, 0.25) is 0 Å². The second kappa shape index (κ2) is 7.25. The van der Waals surface area contributed by atoms with Gasteiger partial charge in [-0.1, -0.05) is 54.6 Å². The molecule has 4 aromatic rings. The Morgan fingerprint density at radius 2 is 1.48 bits per heavy atom. The molecule has 3 heteroatoms. The van der Waals surface area contributed by atoms with Crippen LogP contribution in [0.1, 0.15) is 18.4 Å². The average molecular weight is 381 g/mol. The molecule has 0 fully saturated rings. The number of rotatable bonds is 4. The van der Waals surface area contributed by atoms with Gasteiger partial charge >= 0.3 is 0 Å². The first-order chi connectivity index (χ1) is 14.3. The van der Waals surface area contributed by atoms with Crippen LogP contribution in [-0.4, -0.2) is 26.5 Å². The Morgan fingerprint density at radius 1 is 0.759 bits per heavy atom. The minimum Gasteiger partial charge on any atom is -0.496 e. The maximum atomic E-state index is 6.06. The molecule has 0 bridgehead atoms. The summed E-state index contributed by atoms with van der Waals surface area (Å²) in [7, 11) is 3.48. The monoisotopic (exact) mass is 381 g/mol. The first kappa shape index (κ1) is 17.7. The van der Waals surface area contributed by atoms with Gasteiger partial charge in [-0.2, -0.15) is 0 Å². The van der Waals surface area contributed by atoms with Crippen molar-refractivity contribution in [1.82, 2.24) is 0 Å². The summed E-state index contributed by atoms with van der Waals surface area (Å²) in [6.45, 7) is 0.887. The fourth-order valence-electron chi connectivity index (χ4n) is 4.44. The van der Waals surface area contributed by atoms with Gasteiger partial charge in [-0.3, -0.25) is 4.99 Å². The van der Waals surface area contributed by atoms with Gasteiger partial charge in [-0.15, -0.1) is 0 Å². The zero-order valence-electron chi connectivity index (χ0n) is 16.7. The van der Waals surface area contributed by atoms with Gasteiger partial charge in [0.15, 0.2) is 0 Å². The lowest BCUT2D eigenvalue weighted by molar-refractivity contribution is 0.410. The zero-order valence-corrected chi connectivity index (χ0v) is 16.7. The van der Waals surface area contributed by atoms with Crippen molar-refractivity contribution in [2.45, 2.75) is 12.8 Å². The quantitative estimate of drug-likeness (QED) is 0.418. The maximum Gasteiger partial charge on any atom is 0.136 e. The van der Waals surface area contributed by atoms with E-state index in [-0.39, 0.29) is 0 Å². The van der Waals surface area contributed by atoms with E-state index < -0.39 is 0 Å². The number of hydrogen-bond acceptors (Lipinski definition) is 3. The highest BCUT2D eigenvalue weighted by Gasteiger charge is 2.24. The molecule has 29 heavy (non-hydrogen) atoms. The van der Waals surface area contributed by atoms with E-state index in [4.69, 9.17) is 14.5 Å². The molecular weight excluding hydrogens is 358 g/mol. The van der Waals surface area contributed by atoms with Crippen molar-refractivity contribution in [1.29, 1.82) is 0 Å². The van der Waals surface area contributed by atoms with Gasteiger partial charge in [0.05, 0.1) is 14.2 Å². The SMILES string of the molecule is COc1ccc2ccccc2c1-c1c(OC)c(C2=NCCC2)cc2ccccc12. The molecule has 0 aliphatic carbocycles. The molecule has 1 heterocycles. The summed E-state index contributed by atoms with van der Waals surface area (Å²) < 4.78 is 11.9. The molecule has 3 nitrogen and oxygen atoms in total. The Morgan fingerprint density at radius 3 is 2.17 bits per heavy atom. The largest absolute Gasteiger partial charge is 0.496 e. The van der Waals surface area contributed by atoms with E-state index in [1.165, 1.54) is 10.8 Å². The summed E-state index contributed by atoms with van der Waals surface area (Å²) in [6.07, 6.45) is 2.08. The summed E-state index contributed by atoms with van der Waals surface area (Å²) in [4.78, 5) is 4.77. The lowest BCUT2D eigenvalue weighted by atomic mass is 9.89. The van der Waals surface area contributed by atoms with E-state index in [1.807, 2.05) is 6.07 Å². The molecule has 4 aromatic carbocycles. The molecule has 1 aliphatic rings. The molecule has 0 atom stereocenters. The molecule has 0 N–H and O–H groups in total. The van der Waals surface area contributed by atoms with Crippen LogP contribution in [0.3, 0.4) is 0 Å². The Labute approximate surface area is 170 Å². The van der Waals surface area contributed by atoms with Crippen molar-refractivity contribution in [3.8, 4) is 22.6 Å². The van der Waals surface area contributed by atoms with Crippen LogP contribution in [0.25, 0.3) is 32.7 Å². The Bertz CT molecular complexity index is 1260. The standard InChI is InChI=1S/C26H23NO2/c1-28-23-14-13-17-8-3-5-10-19(17)24(23)25-20-11-6-4-9-18(20)16-21(26(25)29-2)22-12-7-15-27-22/h3-6,8-11,13-14,16H,7,12,15H2,1-2H3. The van der Waals surface area contributed by atoms with Crippen molar-refractivity contribution in [3.05, 3.63) is 72.3 Å². The van der Waals surface area contributed by atoms with Gasteiger partial charge in [-0.05, 0) is 46.5 Å². The molecule has 0 unspecified atom stereocenters. The van der Waals surface area contributed by atoms with Gasteiger partial charge < -0.3 is 9.47 Å². The minimum absolute atomic E-state index is 0.845. The number of nitrogens with zero attached hydrogens (tertiary/aromatic N) is 1. The van der Waals surface area contributed by atoms with E-state index in [0.717, 1.165) is 64.1 Å². The molecule has 1 aliphatic heterocycles. The summed E-state index contributed by atoms with van der Waals surface area (Å²) in [6, 6.07) is 23.3. The van der Waals surface area contributed by atoms with E-state index in [9.17, 15) is 0 Å². The summed E-state index contributed by atoms with van der Waals surface area (Å²) in [5, 5.41) is 4.67. The Hall–Kier alpha value is -3.33. The van der Waals surface area contributed by atoms with Crippen LogP contribution in [0.15, 0.2) is 71.7 Å². The van der Waals surface area contributed by atoms with E-state index in [0.29, 0.717) is 0 Å². The normalized spacial score (nSPS) is 13.7. The Kier molecular flexibility index (Phi) is 4.44. The highest BCUT2D eigenvalue weighted by molar-refractivity contribution is 6.15. The first-order valence-electron chi connectivity index (χ1n) is 10.0. The highest BCUT2D eigenvalue weighted by Crippen LogP contribution is 2.47. The predicted octanol–water partition coefficient (Wildman–Crippen LogP) is 6.26. The van der Waals surface area contributed by atoms with Crippen LogP contribution in [0.4, 0.5) is 0 Å². The van der Waals surface area contributed by atoms with E-state index in [2.05, 4.69) is 60.7 Å². The fourth-order valence-corrected chi connectivity index (χ4v) is 4.44. The fraction of sp³-hybridized carbons (Fsp3) is 0.192. The van der Waals surface area contributed by atoms with Crippen molar-refractivity contribution in [2.75, 3.05) is 20.8 Å². The van der Waals surface area contributed by atoms with Crippen LogP contribution < -0.4 is 9.47 Å². The van der Waals surface area contributed by atoms with E-state index >= 15 is 0 Å². The van der Waals surface area contributed by atoms with Crippen LogP contribution in [0.2, 0.25) is 0 Å². The summed E-state index contributed by atoms with van der Waals surface area (Å²) >= 11 is 0. The molecule has 144 valence electrons. The molecule has 0 spiro atoms. The smallest absolute Gasteiger partial charge is 0.136 e. The average Bonchev–Trinajstić information content (AvgIpc) is 3.32. The molecule has 0 saturated heterocycles. The van der Waals surface area contributed by atoms with Gasteiger partial charge in [0.25, 0.3) is 0 Å². The molecule has 5 rings (SSSR count). The highest BCUT2D eigenvalue weighted by atomic mass is 16.5. The summed E-state index contributed by atoms with van der Waals surface area (Å²) in [5.41, 5.74) is 4.37. The van der Waals surface area contributed by atoms with Crippen molar-refractivity contribution in [2.24, 2.45) is 4.99 Å². The topological polar surface area (TPSA) is 30.8 Å². The first-order valence-corrected chi connectivity index (χ1v) is 10.0. The minimum atomic E-state index is 0.845. The van der Waals surface area contributed by atoms with Crippen molar-refractivity contribution in [3.63, 3.8) is 0 Å². The second-order valence-electron chi connectivity index (χ2n) is 7.35. The third-order valence-corrected chi connectivity index (χ3v) is 5.75. The lowest BCUT2D eigenvalue weighted by Gasteiger charge is -2.20.